The highest BCUT2D eigenvalue weighted by Crippen LogP contribution is 2.17. The van der Waals surface area contributed by atoms with Gasteiger partial charge in [0, 0.05) is 0 Å². The Morgan fingerprint density at radius 2 is 1.50 bits per heavy atom. The zero-order valence-corrected chi connectivity index (χ0v) is 6.97. The van der Waals surface area contributed by atoms with Crippen LogP contribution in [0.2, 0.25) is 0 Å². The third-order valence-electron chi connectivity index (χ3n) is 2.30. The largest absolute Gasteiger partial charge is 0.0885 e. The summed E-state index contributed by atoms with van der Waals surface area (Å²) in [5.41, 5.74) is 0. The molecule has 0 aromatic carbocycles. The molecule has 0 saturated carbocycles. The van der Waals surface area contributed by atoms with Crippen LogP contribution in [0.4, 0.5) is 0 Å². The van der Waals surface area contributed by atoms with Crippen molar-refractivity contribution in [3.05, 3.63) is 12.2 Å². The van der Waals surface area contributed by atoms with Crippen LogP contribution in [0.1, 0.15) is 45.4 Å². The van der Waals surface area contributed by atoms with Crippen LogP contribution in [0, 0.1) is 5.92 Å². The second-order valence-electron chi connectivity index (χ2n) is 3.44. The molecule has 0 aromatic rings. The molecule has 0 heterocycles. The van der Waals surface area contributed by atoms with E-state index in [1.54, 1.807) is 0 Å². The lowest BCUT2D eigenvalue weighted by atomic mass is 9.99. The van der Waals surface area contributed by atoms with Gasteiger partial charge in [-0.25, -0.2) is 0 Å². The molecule has 0 fully saturated rings. The summed E-state index contributed by atoms with van der Waals surface area (Å²) in [5, 5.41) is 0. The van der Waals surface area contributed by atoms with E-state index < -0.39 is 0 Å². The quantitative estimate of drug-likeness (QED) is 0.449. The molecule has 0 heteroatoms. The Hall–Kier alpha value is -0.260. The van der Waals surface area contributed by atoms with E-state index in [9.17, 15) is 0 Å². The van der Waals surface area contributed by atoms with Crippen molar-refractivity contribution in [2.24, 2.45) is 5.92 Å². The molecule has 0 radical (unpaired) electrons. The van der Waals surface area contributed by atoms with Gasteiger partial charge < -0.3 is 0 Å². The van der Waals surface area contributed by atoms with Gasteiger partial charge >= 0.3 is 0 Å². The fourth-order valence-corrected chi connectivity index (χ4v) is 1.55. The smallest absolute Gasteiger partial charge is 0.0351 e. The predicted molar refractivity (Wildman–Crippen MR) is 46.0 cm³/mol. The highest BCUT2D eigenvalue weighted by molar-refractivity contribution is 4.82. The average Bonchev–Trinajstić information content (AvgIpc) is 2.02. The molecule has 58 valence electrons. The van der Waals surface area contributed by atoms with E-state index >= 15 is 0 Å². The third kappa shape index (κ3) is 3.05. The van der Waals surface area contributed by atoms with Gasteiger partial charge in [0.2, 0.25) is 0 Å². The zero-order valence-electron chi connectivity index (χ0n) is 6.97. The van der Waals surface area contributed by atoms with Crippen molar-refractivity contribution in [2.45, 2.75) is 45.4 Å². The molecule has 0 atom stereocenters. The van der Waals surface area contributed by atoms with Crippen LogP contribution in [-0.2, 0) is 0 Å². The standard InChI is InChI=1S/C10H18/c1-10-8-6-4-2-3-5-7-9-10/h2-3,10H,4-9H2,1H3. The molecule has 0 nitrogen and oxygen atoms in total. The first-order chi connectivity index (χ1) is 4.89. The summed E-state index contributed by atoms with van der Waals surface area (Å²) in [6.07, 6.45) is 13.0. The van der Waals surface area contributed by atoms with Crippen molar-refractivity contribution in [1.82, 2.24) is 0 Å². The number of rotatable bonds is 0. The van der Waals surface area contributed by atoms with Gasteiger partial charge in [-0.3, -0.25) is 0 Å². The van der Waals surface area contributed by atoms with E-state index in [1.807, 2.05) is 0 Å². The van der Waals surface area contributed by atoms with Gasteiger partial charge in [0.05, 0.1) is 0 Å². The molecule has 0 amide bonds. The molecule has 0 bridgehead atoms. The second-order valence-corrected chi connectivity index (χ2v) is 3.44. The van der Waals surface area contributed by atoms with E-state index in [4.69, 9.17) is 0 Å². The van der Waals surface area contributed by atoms with Gasteiger partial charge in [-0.1, -0.05) is 31.9 Å². The Morgan fingerprint density at radius 1 is 1.00 bits per heavy atom. The van der Waals surface area contributed by atoms with Gasteiger partial charge in [0.25, 0.3) is 0 Å². The first kappa shape index (κ1) is 7.84. The second kappa shape index (κ2) is 4.54. The fraction of sp³-hybridized carbons (Fsp3) is 0.800. The van der Waals surface area contributed by atoms with Crippen LogP contribution in [0.3, 0.4) is 0 Å². The lowest BCUT2D eigenvalue weighted by molar-refractivity contribution is 0.468. The molecule has 10 heavy (non-hydrogen) atoms. The predicted octanol–water partition coefficient (Wildman–Crippen LogP) is 3.53. The van der Waals surface area contributed by atoms with E-state index in [0.29, 0.717) is 0 Å². The molecule has 1 aliphatic carbocycles. The molecule has 0 aromatic heterocycles. The summed E-state index contributed by atoms with van der Waals surface area (Å²) in [5.74, 6) is 0.972. The third-order valence-corrected chi connectivity index (χ3v) is 2.30. The zero-order chi connectivity index (χ0) is 7.23. The van der Waals surface area contributed by atoms with Crippen molar-refractivity contribution in [2.75, 3.05) is 0 Å². The normalized spacial score (nSPS) is 23.3. The first-order valence-electron chi connectivity index (χ1n) is 4.54. The Bertz CT molecular complexity index is 90.6. The molecule has 0 N–H and O–H groups in total. The molecule has 0 saturated heterocycles. The summed E-state index contributed by atoms with van der Waals surface area (Å²) >= 11 is 0. The summed E-state index contributed by atoms with van der Waals surface area (Å²) < 4.78 is 0. The molecular formula is C10H18. The van der Waals surface area contributed by atoms with E-state index in [-0.39, 0.29) is 0 Å². The Kier molecular flexibility index (Phi) is 3.56. The van der Waals surface area contributed by atoms with Crippen molar-refractivity contribution in [3.8, 4) is 0 Å². The average molecular weight is 138 g/mol. The van der Waals surface area contributed by atoms with Gasteiger partial charge in [-0.05, 0) is 31.6 Å². The molecule has 1 aliphatic rings. The topological polar surface area (TPSA) is 0 Å². The summed E-state index contributed by atoms with van der Waals surface area (Å²) in [7, 11) is 0. The summed E-state index contributed by atoms with van der Waals surface area (Å²) in [6.45, 7) is 2.38. The van der Waals surface area contributed by atoms with E-state index in [2.05, 4.69) is 19.1 Å². The van der Waals surface area contributed by atoms with Crippen LogP contribution in [0.5, 0.6) is 0 Å². The number of hydrogen-bond acceptors (Lipinski definition) is 0. The monoisotopic (exact) mass is 138 g/mol. The SMILES string of the molecule is CC1CCCC=CCCC1. The van der Waals surface area contributed by atoms with Crippen LogP contribution < -0.4 is 0 Å². The van der Waals surface area contributed by atoms with Crippen molar-refractivity contribution in [3.63, 3.8) is 0 Å². The van der Waals surface area contributed by atoms with Gasteiger partial charge in [-0.15, -0.1) is 0 Å². The molecule has 0 spiro atoms. The maximum Gasteiger partial charge on any atom is -0.0351 e. The highest BCUT2D eigenvalue weighted by atomic mass is 14.1. The minimum atomic E-state index is 0.972. The maximum absolute atomic E-state index is 2.38. The van der Waals surface area contributed by atoms with Crippen LogP contribution in [-0.4, -0.2) is 0 Å². The van der Waals surface area contributed by atoms with Crippen LogP contribution in [0.25, 0.3) is 0 Å². The van der Waals surface area contributed by atoms with E-state index in [0.717, 1.165) is 5.92 Å². The van der Waals surface area contributed by atoms with Gasteiger partial charge in [0.1, 0.15) is 0 Å². The van der Waals surface area contributed by atoms with Gasteiger partial charge in [-0.2, -0.15) is 0 Å². The minimum Gasteiger partial charge on any atom is -0.0885 e. The Morgan fingerprint density at radius 3 is 2.00 bits per heavy atom. The summed E-state index contributed by atoms with van der Waals surface area (Å²) in [4.78, 5) is 0. The van der Waals surface area contributed by atoms with Gasteiger partial charge in [0.15, 0.2) is 0 Å². The van der Waals surface area contributed by atoms with Crippen molar-refractivity contribution in [1.29, 1.82) is 0 Å². The first-order valence-corrected chi connectivity index (χ1v) is 4.54. The molecular weight excluding hydrogens is 120 g/mol. The minimum absolute atomic E-state index is 0.972. The Labute approximate surface area is 64.3 Å². The number of allylic oxidation sites excluding steroid dienone is 2. The lowest BCUT2D eigenvalue weighted by Crippen LogP contribution is -1.92. The maximum atomic E-state index is 2.38. The van der Waals surface area contributed by atoms with Crippen LogP contribution in [0.15, 0.2) is 12.2 Å². The van der Waals surface area contributed by atoms with Crippen LogP contribution >= 0.6 is 0 Å². The Balaban J connectivity index is 2.24. The molecule has 0 aliphatic heterocycles. The van der Waals surface area contributed by atoms with E-state index in [1.165, 1.54) is 38.5 Å². The summed E-state index contributed by atoms with van der Waals surface area (Å²) in [6, 6.07) is 0. The van der Waals surface area contributed by atoms with Crippen molar-refractivity contribution < 1.29 is 0 Å². The highest BCUT2D eigenvalue weighted by Gasteiger charge is 2.01. The fourth-order valence-electron chi connectivity index (χ4n) is 1.55. The number of hydrogen-bond donors (Lipinski definition) is 0. The molecule has 0 unspecified atom stereocenters. The lowest BCUT2D eigenvalue weighted by Gasteiger charge is -2.07. The molecule has 1 rings (SSSR count). The van der Waals surface area contributed by atoms with Crippen molar-refractivity contribution >= 4 is 0 Å².